The van der Waals surface area contributed by atoms with E-state index in [1.165, 1.54) is 0 Å². The van der Waals surface area contributed by atoms with Gasteiger partial charge in [-0.05, 0) is 30.2 Å². The molecule has 1 heterocycles. The van der Waals surface area contributed by atoms with Crippen LogP contribution in [-0.4, -0.2) is 40.4 Å². The third-order valence-electron chi connectivity index (χ3n) is 3.55. The zero-order valence-electron chi connectivity index (χ0n) is 14.3. The fourth-order valence-electron chi connectivity index (χ4n) is 2.11. The molecule has 3 N–H and O–H groups in total. The van der Waals surface area contributed by atoms with Gasteiger partial charge in [0.25, 0.3) is 0 Å². The van der Waals surface area contributed by atoms with Crippen molar-refractivity contribution in [3.05, 3.63) is 36.2 Å². The van der Waals surface area contributed by atoms with Gasteiger partial charge in [0.1, 0.15) is 24.3 Å². The average molecular weight is 317 g/mol. The SMILES string of the molecule is CC(C)NCC(O)COc1ccc(-c2ncc(C(C)C)[nH]2)cc1. The van der Waals surface area contributed by atoms with Gasteiger partial charge in [-0.25, -0.2) is 4.98 Å². The van der Waals surface area contributed by atoms with Crippen LogP contribution in [0.5, 0.6) is 5.75 Å². The van der Waals surface area contributed by atoms with Crippen molar-refractivity contribution in [2.75, 3.05) is 13.2 Å². The molecule has 0 saturated carbocycles. The van der Waals surface area contributed by atoms with Crippen molar-refractivity contribution in [3.8, 4) is 17.1 Å². The number of aromatic nitrogens is 2. The second-order valence-electron chi connectivity index (χ2n) is 6.39. The van der Waals surface area contributed by atoms with Crippen LogP contribution in [0.15, 0.2) is 30.5 Å². The highest BCUT2D eigenvalue weighted by molar-refractivity contribution is 5.56. The Morgan fingerprint density at radius 2 is 1.87 bits per heavy atom. The van der Waals surface area contributed by atoms with Crippen molar-refractivity contribution in [3.63, 3.8) is 0 Å². The minimum absolute atomic E-state index is 0.275. The molecule has 5 heteroatoms. The van der Waals surface area contributed by atoms with E-state index >= 15 is 0 Å². The third-order valence-corrected chi connectivity index (χ3v) is 3.55. The maximum Gasteiger partial charge on any atom is 0.137 e. The number of benzene rings is 1. The minimum Gasteiger partial charge on any atom is -0.491 e. The minimum atomic E-state index is -0.518. The second-order valence-corrected chi connectivity index (χ2v) is 6.39. The summed E-state index contributed by atoms with van der Waals surface area (Å²) < 4.78 is 5.61. The number of ether oxygens (including phenoxy) is 1. The Balaban J connectivity index is 1.89. The predicted molar refractivity (Wildman–Crippen MR) is 92.8 cm³/mol. The van der Waals surface area contributed by atoms with Gasteiger partial charge in [-0.2, -0.15) is 0 Å². The summed E-state index contributed by atoms with van der Waals surface area (Å²) in [7, 11) is 0. The molecule has 0 aliphatic rings. The number of nitrogens with one attached hydrogen (secondary N) is 2. The molecule has 1 unspecified atom stereocenters. The first-order valence-electron chi connectivity index (χ1n) is 8.15. The van der Waals surface area contributed by atoms with Gasteiger partial charge in [-0.3, -0.25) is 0 Å². The zero-order valence-corrected chi connectivity index (χ0v) is 14.3. The van der Waals surface area contributed by atoms with Crippen molar-refractivity contribution in [1.82, 2.24) is 15.3 Å². The summed E-state index contributed by atoms with van der Waals surface area (Å²) >= 11 is 0. The number of nitrogens with zero attached hydrogens (tertiary/aromatic N) is 1. The van der Waals surface area contributed by atoms with Gasteiger partial charge in [-0.1, -0.05) is 27.7 Å². The maximum absolute atomic E-state index is 9.84. The molecule has 0 fully saturated rings. The lowest BCUT2D eigenvalue weighted by molar-refractivity contribution is 0.104. The number of aliphatic hydroxyl groups is 1. The van der Waals surface area contributed by atoms with Crippen molar-refractivity contribution in [2.45, 2.75) is 45.8 Å². The van der Waals surface area contributed by atoms with E-state index in [4.69, 9.17) is 4.74 Å². The first-order chi connectivity index (χ1) is 11.0. The van der Waals surface area contributed by atoms with Crippen LogP contribution in [0.3, 0.4) is 0 Å². The average Bonchev–Trinajstić information content (AvgIpc) is 3.01. The molecular formula is C18H27N3O2. The Kier molecular flexibility index (Phi) is 6.19. The maximum atomic E-state index is 9.84. The van der Waals surface area contributed by atoms with Gasteiger partial charge in [0, 0.05) is 30.0 Å². The summed E-state index contributed by atoms with van der Waals surface area (Å²) in [5.74, 6) is 2.04. The summed E-state index contributed by atoms with van der Waals surface area (Å²) in [5, 5.41) is 13.0. The standard InChI is InChI=1S/C18H27N3O2/c1-12(2)17-10-20-18(21-17)14-5-7-16(8-6-14)23-11-15(22)9-19-13(3)4/h5-8,10,12-13,15,19,22H,9,11H2,1-4H3,(H,20,21). The quantitative estimate of drug-likeness (QED) is 0.700. The number of aromatic amines is 1. The molecular weight excluding hydrogens is 290 g/mol. The van der Waals surface area contributed by atoms with Gasteiger partial charge in [0.15, 0.2) is 0 Å². The summed E-state index contributed by atoms with van der Waals surface area (Å²) in [6.45, 7) is 9.16. The Hall–Kier alpha value is -1.85. The lowest BCUT2D eigenvalue weighted by atomic mass is 10.1. The number of hydrogen-bond acceptors (Lipinski definition) is 4. The van der Waals surface area contributed by atoms with Crippen LogP contribution in [0.4, 0.5) is 0 Å². The third kappa shape index (κ3) is 5.37. The molecule has 0 aliphatic carbocycles. The van der Waals surface area contributed by atoms with E-state index in [0.29, 0.717) is 18.5 Å². The second kappa shape index (κ2) is 8.13. The van der Waals surface area contributed by atoms with Crippen LogP contribution in [-0.2, 0) is 0 Å². The van der Waals surface area contributed by atoms with Gasteiger partial charge < -0.3 is 20.1 Å². The van der Waals surface area contributed by atoms with E-state index in [-0.39, 0.29) is 6.61 Å². The number of imidazole rings is 1. The first kappa shape index (κ1) is 17.5. The Labute approximate surface area is 138 Å². The normalized spacial score (nSPS) is 12.8. The van der Waals surface area contributed by atoms with Gasteiger partial charge in [0.2, 0.25) is 0 Å². The Morgan fingerprint density at radius 1 is 1.17 bits per heavy atom. The first-order valence-corrected chi connectivity index (χ1v) is 8.15. The van der Waals surface area contributed by atoms with Crippen LogP contribution in [0, 0.1) is 0 Å². The fraction of sp³-hybridized carbons (Fsp3) is 0.500. The molecule has 5 nitrogen and oxygen atoms in total. The van der Waals surface area contributed by atoms with E-state index in [0.717, 1.165) is 22.8 Å². The summed E-state index contributed by atoms with van der Waals surface area (Å²) in [6, 6.07) is 8.09. The molecule has 2 rings (SSSR count). The number of hydrogen-bond donors (Lipinski definition) is 3. The van der Waals surface area contributed by atoms with Crippen LogP contribution in [0.25, 0.3) is 11.4 Å². The van der Waals surface area contributed by atoms with E-state index in [9.17, 15) is 5.11 Å². The van der Waals surface area contributed by atoms with E-state index < -0.39 is 6.10 Å². The molecule has 0 radical (unpaired) electrons. The van der Waals surface area contributed by atoms with E-state index in [2.05, 4.69) is 29.1 Å². The topological polar surface area (TPSA) is 70.2 Å². The largest absolute Gasteiger partial charge is 0.491 e. The highest BCUT2D eigenvalue weighted by Gasteiger charge is 2.08. The lowest BCUT2D eigenvalue weighted by Crippen LogP contribution is -2.35. The van der Waals surface area contributed by atoms with Gasteiger partial charge >= 0.3 is 0 Å². The highest BCUT2D eigenvalue weighted by Crippen LogP contribution is 2.22. The Bertz CT molecular complexity index is 591. The van der Waals surface area contributed by atoms with Gasteiger partial charge in [0.05, 0.1) is 0 Å². The summed E-state index contributed by atoms with van der Waals surface area (Å²) in [6.07, 6.45) is 1.36. The summed E-state index contributed by atoms with van der Waals surface area (Å²) in [5.41, 5.74) is 2.15. The highest BCUT2D eigenvalue weighted by atomic mass is 16.5. The van der Waals surface area contributed by atoms with E-state index in [1.807, 2.05) is 44.3 Å². The van der Waals surface area contributed by atoms with Crippen molar-refractivity contribution in [1.29, 1.82) is 0 Å². The molecule has 1 aromatic carbocycles. The molecule has 1 atom stereocenters. The lowest BCUT2D eigenvalue weighted by Gasteiger charge is -2.15. The molecule has 0 spiro atoms. The van der Waals surface area contributed by atoms with E-state index in [1.54, 1.807) is 0 Å². The van der Waals surface area contributed by atoms with Gasteiger partial charge in [-0.15, -0.1) is 0 Å². The fourth-order valence-corrected chi connectivity index (χ4v) is 2.11. The molecule has 0 amide bonds. The molecule has 1 aromatic heterocycles. The molecule has 0 aliphatic heterocycles. The number of aliphatic hydroxyl groups excluding tert-OH is 1. The van der Waals surface area contributed by atoms with Crippen molar-refractivity contribution < 1.29 is 9.84 Å². The Morgan fingerprint density at radius 3 is 2.43 bits per heavy atom. The molecule has 2 aromatic rings. The number of H-pyrrole nitrogens is 1. The molecule has 0 saturated heterocycles. The van der Waals surface area contributed by atoms with Crippen molar-refractivity contribution in [2.24, 2.45) is 0 Å². The van der Waals surface area contributed by atoms with Crippen LogP contribution in [0.2, 0.25) is 0 Å². The van der Waals surface area contributed by atoms with Crippen LogP contribution >= 0.6 is 0 Å². The summed E-state index contributed by atoms with van der Waals surface area (Å²) in [4.78, 5) is 7.73. The predicted octanol–water partition coefficient (Wildman–Crippen LogP) is 2.94. The van der Waals surface area contributed by atoms with Crippen LogP contribution < -0.4 is 10.1 Å². The monoisotopic (exact) mass is 317 g/mol. The number of rotatable bonds is 8. The zero-order chi connectivity index (χ0) is 16.8. The smallest absolute Gasteiger partial charge is 0.137 e. The van der Waals surface area contributed by atoms with Crippen molar-refractivity contribution >= 4 is 0 Å². The molecule has 23 heavy (non-hydrogen) atoms. The molecule has 126 valence electrons. The molecule has 0 bridgehead atoms. The van der Waals surface area contributed by atoms with Crippen LogP contribution in [0.1, 0.15) is 39.3 Å².